The second kappa shape index (κ2) is 6.61. The summed E-state index contributed by atoms with van der Waals surface area (Å²) >= 11 is 0. The minimum atomic E-state index is 0.102. The van der Waals surface area contributed by atoms with E-state index in [-0.39, 0.29) is 11.6 Å². The smallest absolute Gasteiger partial charge is 0.0699 e. The molecule has 1 nitrogen and oxygen atoms in total. The van der Waals surface area contributed by atoms with Gasteiger partial charge >= 0.3 is 0 Å². The Morgan fingerprint density at radius 2 is 1.72 bits per heavy atom. The SMILES string of the molecule is CC(C)CC(C#Cc1ccccc1)NC(C)(C)C. The first-order valence-corrected chi connectivity index (χ1v) is 6.71. The lowest BCUT2D eigenvalue weighted by molar-refractivity contribution is 0.363. The predicted molar refractivity (Wildman–Crippen MR) is 79.5 cm³/mol. The first-order chi connectivity index (χ1) is 8.37. The van der Waals surface area contributed by atoms with Gasteiger partial charge in [0.15, 0.2) is 0 Å². The van der Waals surface area contributed by atoms with Crippen molar-refractivity contribution in [3.8, 4) is 11.8 Å². The van der Waals surface area contributed by atoms with Crippen LogP contribution >= 0.6 is 0 Å². The zero-order chi connectivity index (χ0) is 13.6. The summed E-state index contributed by atoms with van der Waals surface area (Å²) in [6.07, 6.45) is 1.08. The molecule has 1 aromatic rings. The van der Waals surface area contributed by atoms with E-state index in [4.69, 9.17) is 0 Å². The molecule has 0 saturated carbocycles. The van der Waals surface area contributed by atoms with Gasteiger partial charge in [0.05, 0.1) is 6.04 Å². The van der Waals surface area contributed by atoms with Crippen molar-refractivity contribution in [1.29, 1.82) is 0 Å². The molecule has 0 spiro atoms. The molecule has 1 aromatic carbocycles. The number of nitrogens with one attached hydrogen (secondary N) is 1. The van der Waals surface area contributed by atoms with Crippen molar-refractivity contribution in [3.05, 3.63) is 35.9 Å². The lowest BCUT2D eigenvalue weighted by Crippen LogP contribution is -2.43. The van der Waals surface area contributed by atoms with Crippen LogP contribution in [0.1, 0.15) is 46.6 Å². The van der Waals surface area contributed by atoms with Crippen molar-refractivity contribution in [1.82, 2.24) is 5.32 Å². The molecule has 1 rings (SSSR count). The highest BCUT2D eigenvalue weighted by Gasteiger charge is 2.16. The first kappa shape index (κ1) is 14.8. The lowest BCUT2D eigenvalue weighted by atomic mass is 10.00. The quantitative estimate of drug-likeness (QED) is 0.795. The average molecular weight is 243 g/mol. The Balaban J connectivity index is 2.76. The van der Waals surface area contributed by atoms with E-state index in [1.807, 2.05) is 18.2 Å². The van der Waals surface area contributed by atoms with Crippen molar-refractivity contribution in [2.75, 3.05) is 0 Å². The molecule has 18 heavy (non-hydrogen) atoms. The first-order valence-electron chi connectivity index (χ1n) is 6.71. The van der Waals surface area contributed by atoms with Gasteiger partial charge in [-0.15, -0.1) is 0 Å². The van der Waals surface area contributed by atoms with Gasteiger partial charge in [0.25, 0.3) is 0 Å². The van der Waals surface area contributed by atoms with Crippen LogP contribution in [0.5, 0.6) is 0 Å². The number of benzene rings is 1. The maximum Gasteiger partial charge on any atom is 0.0699 e. The third-order valence-corrected chi connectivity index (χ3v) is 2.48. The molecule has 0 aliphatic carbocycles. The summed E-state index contributed by atoms with van der Waals surface area (Å²) < 4.78 is 0. The highest BCUT2D eigenvalue weighted by molar-refractivity contribution is 5.34. The fourth-order valence-corrected chi connectivity index (χ4v) is 1.84. The summed E-state index contributed by atoms with van der Waals surface area (Å²) in [6, 6.07) is 10.4. The summed E-state index contributed by atoms with van der Waals surface area (Å²) in [7, 11) is 0. The molecule has 0 aromatic heterocycles. The fraction of sp³-hybridized carbons (Fsp3) is 0.529. The Morgan fingerprint density at radius 3 is 2.22 bits per heavy atom. The van der Waals surface area contributed by atoms with Crippen LogP contribution in [0.3, 0.4) is 0 Å². The van der Waals surface area contributed by atoms with Crippen LogP contribution in [-0.2, 0) is 0 Å². The van der Waals surface area contributed by atoms with Crippen LogP contribution in [0.4, 0.5) is 0 Å². The van der Waals surface area contributed by atoms with Crippen molar-refractivity contribution >= 4 is 0 Å². The summed E-state index contributed by atoms with van der Waals surface area (Å²) in [5.74, 6) is 7.27. The maximum absolute atomic E-state index is 3.58. The third kappa shape index (κ3) is 6.47. The zero-order valence-corrected chi connectivity index (χ0v) is 12.2. The molecule has 0 saturated heterocycles. The van der Waals surface area contributed by atoms with E-state index in [9.17, 15) is 0 Å². The molecule has 0 fully saturated rings. The Kier molecular flexibility index (Phi) is 5.44. The summed E-state index contributed by atoms with van der Waals surface area (Å²) in [4.78, 5) is 0. The Hall–Kier alpha value is -1.26. The van der Waals surface area contributed by atoms with E-state index in [1.54, 1.807) is 0 Å². The molecule has 0 radical (unpaired) electrons. The van der Waals surface area contributed by atoms with E-state index in [1.165, 1.54) is 0 Å². The monoisotopic (exact) mass is 243 g/mol. The zero-order valence-electron chi connectivity index (χ0n) is 12.2. The molecule has 0 heterocycles. The Bertz CT molecular complexity index is 401. The molecular weight excluding hydrogens is 218 g/mol. The van der Waals surface area contributed by atoms with E-state index in [0.717, 1.165) is 12.0 Å². The number of hydrogen-bond acceptors (Lipinski definition) is 1. The Morgan fingerprint density at radius 1 is 1.11 bits per heavy atom. The van der Waals surface area contributed by atoms with Gasteiger partial charge in [0.2, 0.25) is 0 Å². The van der Waals surface area contributed by atoms with E-state index < -0.39 is 0 Å². The molecule has 1 N–H and O–H groups in total. The van der Waals surface area contributed by atoms with Gasteiger partial charge in [0.1, 0.15) is 0 Å². The van der Waals surface area contributed by atoms with Crippen molar-refractivity contribution in [2.45, 2.75) is 52.6 Å². The molecular formula is C17H25N. The van der Waals surface area contributed by atoms with Crippen LogP contribution in [-0.4, -0.2) is 11.6 Å². The average Bonchev–Trinajstić information content (AvgIpc) is 2.24. The van der Waals surface area contributed by atoms with Gasteiger partial charge < -0.3 is 0 Å². The molecule has 0 bridgehead atoms. The van der Waals surface area contributed by atoms with Gasteiger partial charge in [-0.05, 0) is 45.2 Å². The lowest BCUT2D eigenvalue weighted by Gasteiger charge is -2.26. The third-order valence-electron chi connectivity index (χ3n) is 2.48. The highest BCUT2D eigenvalue weighted by Crippen LogP contribution is 2.09. The normalized spacial score (nSPS) is 13.0. The predicted octanol–water partition coefficient (Wildman–Crippen LogP) is 3.84. The molecule has 1 heteroatoms. The molecule has 0 aliphatic rings. The fourth-order valence-electron chi connectivity index (χ4n) is 1.84. The van der Waals surface area contributed by atoms with Crippen molar-refractivity contribution in [3.63, 3.8) is 0 Å². The summed E-state index contributed by atoms with van der Waals surface area (Å²) in [6.45, 7) is 11.0. The van der Waals surface area contributed by atoms with Gasteiger partial charge in [-0.25, -0.2) is 0 Å². The number of rotatable bonds is 3. The van der Waals surface area contributed by atoms with Crippen LogP contribution in [0.25, 0.3) is 0 Å². The highest BCUT2D eigenvalue weighted by atomic mass is 15.0. The van der Waals surface area contributed by atoms with Crippen LogP contribution in [0, 0.1) is 17.8 Å². The molecule has 0 amide bonds. The van der Waals surface area contributed by atoms with Gasteiger partial charge in [-0.1, -0.05) is 43.9 Å². The van der Waals surface area contributed by atoms with Crippen LogP contribution in [0.15, 0.2) is 30.3 Å². The van der Waals surface area contributed by atoms with Gasteiger partial charge in [-0.3, -0.25) is 5.32 Å². The second-order valence-corrected chi connectivity index (χ2v) is 6.21. The molecule has 98 valence electrons. The minimum Gasteiger partial charge on any atom is -0.299 e. The minimum absolute atomic E-state index is 0.102. The van der Waals surface area contributed by atoms with Crippen LogP contribution < -0.4 is 5.32 Å². The molecule has 0 aliphatic heterocycles. The van der Waals surface area contributed by atoms with E-state index in [2.05, 4.69) is 63.9 Å². The number of hydrogen-bond donors (Lipinski definition) is 1. The van der Waals surface area contributed by atoms with Gasteiger partial charge in [0, 0.05) is 11.1 Å². The second-order valence-electron chi connectivity index (χ2n) is 6.21. The topological polar surface area (TPSA) is 12.0 Å². The standard InChI is InChI=1S/C17H25N/c1-14(2)13-16(18-17(3,4)5)12-11-15-9-7-6-8-10-15/h6-10,14,16,18H,13H2,1-5H3. The summed E-state index contributed by atoms with van der Waals surface area (Å²) in [5, 5.41) is 3.58. The van der Waals surface area contributed by atoms with Crippen molar-refractivity contribution < 1.29 is 0 Å². The molecule has 1 atom stereocenters. The Labute approximate surface area is 112 Å². The van der Waals surface area contributed by atoms with Gasteiger partial charge in [-0.2, -0.15) is 0 Å². The maximum atomic E-state index is 3.58. The summed E-state index contributed by atoms with van der Waals surface area (Å²) in [5.41, 5.74) is 1.19. The van der Waals surface area contributed by atoms with E-state index in [0.29, 0.717) is 5.92 Å². The van der Waals surface area contributed by atoms with E-state index >= 15 is 0 Å². The molecule has 1 unspecified atom stereocenters. The van der Waals surface area contributed by atoms with Crippen LogP contribution in [0.2, 0.25) is 0 Å². The van der Waals surface area contributed by atoms with Crippen molar-refractivity contribution in [2.24, 2.45) is 5.92 Å². The largest absolute Gasteiger partial charge is 0.299 e.